The van der Waals surface area contributed by atoms with Gasteiger partial charge in [0, 0.05) is 31.5 Å². The third-order valence-corrected chi connectivity index (χ3v) is 2.81. The average Bonchev–Trinajstić information content (AvgIpc) is 2.68. The van der Waals surface area contributed by atoms with Gasteiger partial charge in [0.1, 0.15) is 0 Å². The Morgan fingerprint density at radius 2 is 2.06 bits per heavy atom. The second kappa shape index (κ2) is 4.60. The maximum absolute atomic E-state index is 12.1. The van der Waals surface area contributed by atoms with Crippen LogP contribution in [0.1, 0.15) is 21.7 Å². The van der Waals surface area contributed by atoms with Gasteiger partial charge in [-0.2, -0.15) is 5.10 Å². The van der Waals surface area contributed by atoms with E-state index in [1.807, 2.05) is 13.8 Å². The normalized spacial score (nSPS) is 10.4. The van der Waals surface area contributed by atoms with Crippen LogP contribution in [0, 0.1) is 13.8 Å². The Balaban J connectivity index is 2.62. The lowest BCUT2D eigenvalue weighted by molar-refractivity contribution is 0.0828. The van der Waals surface area contributed by atoms with Crippen LogP contribution in [0.15, 0.2) is 18.3 Å². The van der Waals surface area contributed by atoms with E-state index in [1.54, 1.807) is 37.3 Å². The molecule has 0 fully saturated rings. The van der Waals surface area contributed by atoms with Crippen molar-refractivity contribution >= 4 is 5.91 Å². The first-order valence-electron chi connectivity index (χ1n) is 5.71. The highest BCUT2D eigenvalue weighted by molar-refractivity contribution is 6.00. The first-order valence-corrected chi connectivity index (χ1v) is 5.71. The van der Waals surface area contributed by atoms with Gasteiger partial charge in [0.15, 0.2) is 0 Å². The molecule has 0 aliphatic carbocycles. The molecule has 0 spiro atoms. The SMILES string of the molecule is Cc1n[nH]c(C)c1-c1ncccc1C(=O)N(C)C. The molecule has 0 unspecified atom stereocenters. The number of amides is 1. The van der Waals surface area contributed by atoms with Crippen LogP contribution in [0.2, 0.25) is 0 Å². The maximum atomic E-state index is 12.1. The molecule has 5 nitrogen and oxygen atoms in total. The van der Waals surface area contributed by atoms with Gasteiger partial charge in [0.25, 0.3) is 5.91 Å². The van der Waals surface area contributed by atoms with Gasteiger partial charge < -0.3 is 4.90 Å². The first-order chi connectivity index (χ1) is 8.52. The molecule has 2 rings (SSSR count). The van der Waals surface area contributed by atoms with Gasteiger partial charge in [-0.25, -0.2) is 0 Å². The Labute approximate surface area is 106 Å². The minimum Gasteiger partial charge on any atom is -0.345 e. The molecule has 18 heavy (non-hydrogen) atoms. The zero-order valence-corrected chi connectivity index (χ0v) is 11.0. The number of H-pyrrole nitrogens is 1. The molecule has 2 aromatic rings. The molecular weight excluding hydrogens is 228 g/mol. The summed E-state index contributed by atoms with van der Waals surface area (Å²) >= 11 is 0. The number of pyridine rings is 1. The highest BCUT2D eigenvalue weighted by Gasteiger charge is 2.19. The number of aryl methyl sites for hydroxylation is 2. The molecule has 94 valence electrons. The number of nitrogens with one attached hydrogen (secondary N) is 1. The number of hydrogen-bond acceptors (Lipinski definition) is 3. The largest absolute Gasteiger partial charge is 0.345 e. The molecule has 1 amide bonds. The summed E-state index contributed by atoms with van der Waals surface area (Å²) in [5.41, 5.74) is 3.94. The number of carbonyl (C=O) groups excluding carboxylic acids is 1. The van der Waals surface area contributed by atoms with E-state index >= 15 is 0 Å². The van der Waals surface area contributed by atoms with Gasteiger partial charge in [0.05, 0.1) is 17.0 Å². The first kappa shape index (κ1) is 12.3. The molecule has 2 heterocycles. The van der Waals surface area contributed by atoms with Gasteiger partial charge in [-0.1, -0.05) is 0 Å². The molecule has 0 aliphatic heterocycles. The van der Waals surface area contributed by atoms with Crippen molar-refractivity contribution in [2.75, 3.05) is 14.1 Å². The molecule has 0 aliphatic rings. The second-order valence-corrected chi connectivity index (χ2v) is 4.41. The third-order valence-electron chi connectivity index (χ3n) is 2.81. The van der Waals surface area contributed by atoms with Gasteiger partial charge in [-0.05, 0) is 26.0 Å². The number of aromatic amines is 1. The smallest absolute Gasteiger partial charge is 0.255 e. The Kier molecular flexibility index (Phi) is 3.14. The van der Waals surface area contributed by atoms with E-state index in [9.17, 15) is 4.79 Å². The van der Waals surface area contributed by atoms with E-state index in [0.29, 0.717) is 11.3 Å². The minimum absolute atomic E-state index is 0.0573. The number of rotatable bonds is 2. The standard InChI is InChI=1S/C13H16N4O/c1-8-11(9(2)16-15-8)12-10(6-5-7-14-12)13(18)17(3)4/h5-7H,1-4H3,(H,15,16). The number of nitrogens with zero attached hydrogens (tertiary/aromatic N) is 3. The van der Waals surface area contributed by atoms with E-state index in [4.69, 9.17) is 0 Å². The molecule has 1 N–H and O–H groups in total. The predicted octanol–water partition coefficient (Wildman–Crippen LogP) is 1.79. The van der Waals surface area contributed by atoms with Crippen molar-refractivity contribution in [2.24, 2.45) is 0 Å². The van der Waals surface area contributed by atoms with Crippen LogP contribution in [-0.2, 0) is 0 Å². The van der Waals surface area contributed by atoms with Gasteiger partial charge in [-0.15, -0.1) is 0 Å². The average molecular weight is 244 g/mol. The van der Waals surface area contributed by atoms with Gasteiger partial charge >= 0.3 is 0 Å². The van der Waals surface area contributed by atoms with Crippen molar-refractivity contribution < 1.29 is 4.79 Å². The summed E-state index contributed by atoms with van der Waals surface area (Å²) in [5, 5.41) is 7.06. The summed E-state index contributed by atoms with van der Waals surface area (Å²) in [6.45, 7) is 3.82. The lowest BCUT2D eigenvalue weighted by Gasteiger charge is -2.13. The van der Waals surface area contributed by atoms with Crippen LogP contribution < -0.4 is 0 Å². The van der Waals surface area contributed by atoms with Crippen LogP contribution in [0.3, 0.4) is 0 Å². The summed E-state index contributed by atoms with van der Waals surface area (Å²) in [7, 11) is 3.46. The van der Waals surface area contributed by atoms with Crippen LogP contribution in [0.5, 0.6) is 0 Å². The fourth-order valence-electron chi connectivity index (χ4n) is 1.92. The highest BCUT2D eigenvalue weighted by atomic mass is 16.2. The predicted molar refractivity (Wildman–Crippen MR) is 69.3 cm³/mol. The van der Waals surface area contributed by atoms with Crippen molar-refractivity contribution in [1.29, 1.82) is 0 Å². The molecule has 0 saturated heterocycles. The van der Waals surface area contributed by atoms with Gasteiger partial charge in [-0.3, -0.25) is 14.9 Å². The fourth-order valence-corrected chi connectivity index (χ4v) is 1.92. The Bertz CT molecular complexity index is 567. The van der Waals surface area contributed by atoms with Crippen molar-refractivity contribution in [3.63, 3.8) is 0 Å². The second-order valence-electron chi connectivity index (χ2n) is 4.41. The van der Waals surface area contributed by atoms with Crippen LogP contribution in [0.4, 0.5) is 0 Å². The minimum atomic E-state index is -0.0573. The monoisotopic (exact) mass is 244 g/mol. The topological polar surface area (TPSA) is 61.9 Å². The van der Waals surface area contributed by atoms with Crippen LogP contribution in [0.25, 0.3) is 11.3 Å². The lowest BCUT2D eigenvalue weighted by atomic mass is 10.0. The number of hydrogen-bond donors (Lipinski definition) is 1. The molecular formula is C13H16N4O. The van der Waals surface area contributed by atoms with E-state index in [0.717, 1.165) is 17.0 Å². The quantitative estimate of drug-likeness (QED) is 0.876. The molecule has 5 heteroatoms. The van der Waals surface area contributed by atoms with E-state index in [-0.39, 0.29) is 5.91 Å². The van der Waals surface area contributed by atoms with Gasteiger partial charge in [0.2, 0.25) is 0 Å². The maximum Gasteiger partial charge on any atom is 0.255 e. The number of aromatic nitrogens is 3. The Morgan fingerprint density at radius 1 is 1.33 bits per heavy atom. The molecule has 0 aromatic carbocycles. The van der Waals surface area contributed by atoms with Crippen LogP contribution >= 0.6 is 0 Å². The summed E-state index contributed by atoms with van der Waals surface area (Å²) in [6.07, 6.45) is 1.69. The summed E-state index contributed by atoms with van der Waals surface area (Å²) in [5.74, 6) is -0.0573. The van der Waals surface area contributed by atoms with Crippen molar-refractivity contribution in [1.82, 2.24) is 20.1 Å². The summed E-state index contributed by atoms with van der Waals surface area (Å²) in [4.78, 5) is 18.0. The summed E-state index contributed by atoms with van der Waals surface area (Å²) < 4.78 is 0. The Hall–Kier alpha value is -2.17. The van der Waals surface area contributed by atoms with Crippen molar-refractivity contribution in [2.45, 2.75) is 13.8 Å². The zero-order chi connectivity index (χ0) is 13.3. The van der Waals surface area contributed by atoms with E-state index < -0.39 is 0 Å². The molecule has 0 saturated carbocycles. The fraction of sp³-hybridized carbons (Fsp3) is 0.308. The molecule has 0 atom stereocenters. The summed E-state index contributed by atoms with van der Waals surface area (Å²) in [6, 6.07) is 3.56. The van der Waals surface area contributed by atoms with E-state index in [2.05, 4.69) is 15.2 Å². The van der Waals surface area contributed by atoms with Crippen molar-refractivity contribution in [3.05, 3.63) is 35.3 Å². The van der Waals surface area contributed by atoms with E-state index in [1.165, 1.54) is 0 Å². The third kappa shape index (κ3) is 1.99. The lowest BCUT2D eigenvalue weighted by Crippen LogP contribution is -2.22. The molecule has 0 radical (unpaired) electrons. The number of carbonyl (C=O) groups is 1. The van der Waals surface area contributed by atoms with Crippen LogP contribution in [-0.4, -0.2) is 40.1 Å². The zero-order valence-electron chi connectivity index (χ0n) is 11.0. The van der Waals surface area contributed by atoms with Crippen molar-refractivity contribution in [3.8, 4) is 11.3 Å². The molecule has 2 aromatic heterocycles. The highest BCUT2D eigenvalue weighted by Crippen LogP contribution is 2.26. The molecule has 0 bridgehead atoms. The Morgan fingerprint density at radius 3 is 2.61 bits per heavy atom.